The van der Waals surface area contributed by atoms with Crippen LogP contribution in [0.25, 0.3) is 118 Å². The molecule has 0 amide bonds. The normalized spacial score (nSPS) is 11.4. The van der Waals surface area contributed by atoms with Crippen LogP contribution in [0, 0.1) is 13.8 Å². The third kappa shape index (κ3) is 24.9. The van der Waals surface area contributed by atoms with Crippen molar-refractivity contribution < 1.29 is 41.0 Å². The summed E-state index contributed by atoms with van der Waals surface area (Å²) in [7, 11) is 0. The maximum Gasteiger partial charge on any atom is 0.241 e. The lowest BCUT2D eigenvalue weighted by atomic mass is 10.1. The van der Waals surface area contributed by atoms with Gasteiger partial charge in [-0.15, -0.1) is 76.5 Å². The molecule has 0 spiro atoms. The first-order valence-corrected chi connectivity index (χ1v) is 34.6. The highest BCUT2D eigenvalue weighted by atomic mass is 35.5. The standard InChI is InChI=1S/C16H17N5O2.C15H14ClN5O2.C15H16N6O2.C14H13ClN6O2.C12H8ClN5O/c1-11(2)23-14-7-12(3)6-13(8-14)16-17-9-21(20-16)5-4-15-19-18-10-22-15;1-10(2)23-13-6-11(5-12(16)7-13)15-17-8-21(20-15)4-3-14-19-18-9-22-14;1-10(2)23-14-7-12(6-11(3)18-14)15-16-8-21(20-15)5-4-13-19-17-9-22-13;1-9(2)23-13-6-10(5-11(15)18-13)14-16-7-21(20-14)4-3-12-19-17-8-22-12;13-10-3-1-2-9(6-10)12-14-7-18(17-12)5-4-11-16-15-8-19-11/h4-11H,1-3H3;3-10H,1-2H3;4-10H,1-3H3;3-9H,1-2H3;1-8H/b5-4-;4-3-;5-4-;4-3-;5-4+. The maximum absolute atomic E-state index is 6.13. The minimum Gasteiger partial charge on any atom is -0.491 e. The highest BCUT2D eigenvalue weighted by Gasteiger charge is 2.15. The van der Waals surface area contributed by atoms with Crippen LogP contribution in [0.2, 0.25) is 15.2 Å². The van der Waals surface area contributed by atoms with E-state index in [0.29, 0.717) is 96.8 Å². The summed E-state index contributed by atoms with van der Waals surface area (Å²) < 4.78 is 55.5. The number of pyridine rings is 2. The number of halogens is 3. The van der Waals surface area contributed by atoms with Gasteiger partial charge in [-0.2, -0.15) is 0 Å². The number of hydrogen-bond acceptors (Lipinski definition) is 31. The van der Waals surface area contributed by atoms with Crippen LogP contribution < -0.4 is 18.9 Å². The number of ether oxygens (including phenoxy) is 4. The summed E-state index contributed by atoms with van der Waals surface area (Å²) in [4.78, 5) is 29.8. The first kappa shape index (κ1) is 78.2. The second-order valence-electron chi connectivity index (χ2n) is 23.9. The van der Waals surface area contributed by atoms with Crippen molar-refractivity contribution in [3.8, 4) is 80.2 Å². The molecule has 566 valence electrons. The fourth-order valence-electron chi connectivity index (χ4n) is 9.22. The maximum atomic E-state index is 6.13. The molecule has 0 saturated heterocycles. The lowest BCUT2D eigenvalue weighted by molar-refractivity contribution is 0.232. The minimum atomic E-state index is -0.00308. The van der Waals surface area contributed by atoms with Crippen LogP contribution in [0.5, 0.6) is 23.3 Å². The molecule has 0 N–H and O–H groups in total. The topological polar surface area (TPSA) is 411 Å². The smallest absolute Gasteiger partial charge is 0.241 e. The molecule has 12 heterocycles. The first-order valence-electron chi connectivity index (χ1n) is 33.5. The number of aryl methyl sites for hydroxylation is 2. The Morgan fingerprint density at radius 2 is 0.676 bits per heavy atom. The van der Waals surface area contributed by atoms with Gasteiger partial charge in [0.05, 0.1) is 24.4 Å². The zero-order valence-electron chi connectivity index (χ0n) is 60.8. The van der Waals surface area contributed by atoms with Crippen molar-refractivity contribution in [2.75, 3.05) is 0 Å². The highest BCUT2D eigenvalue weighted by Crippen LogP contribution is 2.30. The van der Waals surface area contributed by atoms with E-state index in [-0.39, 0.29) is 24.4 Å². The number of hydrogen-bond donors (Lipinski definition) is 0. The van der Waals surface area contributed by atoms with Gasteiger partial charge in [0.25, 0.3) is 0 Å². The summed E-state index contributed by atoms with van der Waals surface area (Å²) >= 11 is 18.1. The van der Waals surface area contributed by atoms with Crippen molar-refractivity contribution in [3.63, 3.8) is 0 Å². The van der Waals surface area contributed by atoms with Crippen molar-refractivity contribution in [3.05, 3.63) is 204 Å². The Morgan fingerprint density at radius 1 is 0.342 bits per heavy atom. The highest BCUT2D eigenvalue weighted by molar-refractivity contribution is 6.31. The van der Waals surface area contributed by atoms with Crippen LogP contribution >= 0.6 is 34.8 Å². The summed E-state index contributed by atoms with van der Waals surface area (Å²) in [5.41, 5.74) is 6.04. The van der Waals surface area contributed by atoms with Crippen molar-refractivity contribution in [1.82, 2.24) is 135 Å². The Hall–Kier alpha value is -13.9. The van der Waals surface area contributed by atoms with Gasteiger partial charge in [0.1, 0.15) is 48.3 Å². The predicted octanol–water partition coefficient (Wildman–Crippen LogP) is 14.3. The summed E-state index contributed by atoms with van der Waals surface area (Å²) in [5.74, 6) is 7.29. The van der Waals surface area contributed by atoms with Gasteiger partial charge in [-0.3, -0.25) is 0 Å². The van der Waals surface area contributed by atoms with E-state index in [0.717, 1.165) is 39.3 Å². The number of rotatable bonds is 23. The Labute approximate surface area is 647 Å². The van der Waals surface area contributed by atoms with E-state index in [4.69, 9.17) is 75.8 Å². The van der Waals surface area contributed by atoms with Crippen LogP contribution in [0.3, 0.4) is 0 Å². The van der Waals surface area contributed by atoms with Gasteiger partial charge in [0.15, 0.2) is 29.1 Å². The summed E-state index contributed by atoms with van der Waals surface area (Å²) in [6, 6.07) is 25.9. The molecule has 36 nitrogen and oxygen atoms in total. The zero-order chi connectivity index (χ0) is 78.0. The molecule has 0 bridgehead atoms. The molecular formula is C72H68Cl3N27O9. The van der Waals surface area contributed by atoms with Crippen LogP contribution in [-0.2, 0) is 0 Å². The molecule has 12 aromatic heterocycles. The number of nitrogens with zero attached hydrogens (tertiary/aromatic N) is 27. The summed E-state index contributed by atoms with van der Waals surface area (Å²) in [6.07, 6.45) is 31.1. The summed E-state index contributed by atoms with van der Waals surface area (Å²) in [5, 5.41) is 60.0. The van der Waals surface area contributed by atoms with E-state index < -0.39 is 0 Å². The summed E-state index contributed by atoms with van der Waals surface area (Å²) in [6.45, 7) is 19.6. The Kier molecular flexibility index (Phi) is 27.2. The van der Waals surface area contributed by atoms with E-state index in [2.05, 4.69) is 111 Å². The van der Waals surface area contributed by atoms with Crippen molar-refractivity contribution in [1.29, 1.82) is 0 Å². The third-order valence-electron chi connectivity index (χ3n) is 13.5. The van der Waals surface area contributed by atoms with Gasteiger partial charge >= 0.3 is 0 Å². The van der Waals surface area contributed by atoms with E-state index in [1.165, 1.54) is 36.7 Å². The molecule has 0 saturated carbocycles. The average molecular weight is 1560 g/mol. The molecular weight excluding hydrogens is 1490 g/mol. The first-order chi connectivity index (χ1) is 53.7. The fraction of sp³-hybridized carbons (Fsp3) is 0.194. The van der Waals surface area contributed by atoms with Gasteiger partial charge in [0.2, 0.25) is 73.2 Å². The molecule has 0 unspecified atom stereocenters. The molecule has 0 fully saturated rings. The lowest BCUT2D eigenvalue weighted by Crippen LogP contribution is -2.07. The molecule has 111 heavy (non-hydrogen) atoms. The number of benzene rings is 3. The zero-order valence-corrected chi connectivity index (χ0v) is 63.1. The van der Waals surface area contributed by atoms with Crippen LogP contribution in [0.4, 0.5) is 0 Å². The van der Waals surface area contributed by atoms with Crippen molar-refractivity contribution in [2.45, 2.75) is 93.7 Å². The van der Waals surface area contributed by atoms with Crippen LogP contribution in [0.1, 0.15) is 96.1 Å². The molecule has 15 rings (SSSR count). The monoisotopic (exact) mass is 1560 g/mol. The lowest BCUT2D eigenvalue weighted by Gasteiger charge is -2.11. The van der Waals surface area contributed by atoms with E-state index in [9.17, 15) is 0 Å². The minimum absolute atomic E-state index is 0.00308. The van der Waals surface area contributed by atoms with Gasteiger partial charge in [-0.05, 0) is 135 Å². The SMILES string of the molecule is CC(C)Oc1cc(-c2ncn(/C=C\c3nnco3)n2)cc(Cl)n1.CC(C)Oc1cc(Cl)cc(-c2ncn(/C=C\c3nnco3)n2)c1.Cc1cc(-c2ncn(/C=C\c3nnco3)n2)cc(OC(C)C)n1.Cc1cc(OC(C)C)cc(-c2ncn(/C=C\c3nnco3)n2)c1.Clc1cccc(-c2ncn(/C=C/c3nnco3)n2)c1. The van der Waals surface area contributed by atoms with Crippen molar-refractivity contribution in [2.24, 2.45) is 0 Å². The third-order valence-corrected chi connectivity index (χ3v) is 14.1. The molecule has 3 aromatic carbocycles. The quantitative estimate of drug-likeness (QED) is 0.0537. The van der Waals surface area contributed by atoms with Crippen molar-refractivity contribution >= 4 is 96.2 Å². The second-order valence-corrected chi connectivity index (χ2v) is 25.2. The number of aromatic nitrogens is 27. The van der Waals surface area contributed by atoms with E-state index >= 15 is 0 Å². The Bertz CT molecular complexity index is 4960. The predicted molar refractivity (Wildman–Crippen MR) is 408 cm³/mol. The molecule has 15 aromatic rings. The molecule has 0 aliphatic carbocycles. The molecule has 39 heteroatoms. The molecule has 0 aliphatic heterocycles. The molecule has 0 radical (unpaired) electrons. The largest absolute Gasteiger partial charge is 0.491 e. The second kappa shape index (κ2) is 38.6. The van der Waals surface area contributed by atoms with Gasteiger partial charge < -0.3 is 41.0 Å². The van der Waals surface area contributed by atoms with Gasteiger partial charge in [-0.1, -0.05) is 46.9 Å². The van der Waals surface area contributed by atoms with Crippen LogP contribution in [-0.4, -0.2) is 159 Å². The Balaban J connectivity index is 0.000000138. The average Bonchev–Trinajstić information content (AvgIpc) is 1.75. The van der Waals surface area contributed by atoms with Crippen LogP contribution in [0.15, 0.2) is 171 Å². The van der Waals surface area contributed by atoms with Gasteiger partial charge in [-0.25, -0.2) is 58.3 Å². The Morgan fingerprint density at radius 3 is 1.04 bits per heavy atom. The van der Waals surface area contributed by atoms with E-state index in [1.54, 1.807) is 142 Å². The van der Waals surface area contributed by atoms with Gasteiger partial charge in [0, 0.05) is 117 Å². The van der Waals surface area contributed by atoms with E-state index in [1.807, 2.05) is 124 Å². The molecule has 0 atom stereocenters. The molecule has 0 aliphatic rings. The fourth-order valence-corrected chi connectivity index (χ4v) is 9.83.